The molecule has 4 rings (SSSR count). The maximum Gasteiger partial charge on any atom is 0.132 e. The van der Waals surface area contributed by atoms with Crippen LogP contribution in [0.3, 0.4) is 0 Å². The molecule has 2 aromatic heterocycles. The molecule has 2 nitrogen and oxygen atoms in total. The monoisotopic (exact) mass is 300 g/mol. The fourth-order valence-electron chi connectivity index (χ4n) is 2.75. The number of benzene rings is 2. The first-order valence-electron chi connectivity index (χ1n) is 6.32. The first-order chi connectivity index (χ1) is 9.54. The zero-order chi connectivity index (χ0) is 14.0. The fraction of sp³-hybridized carbons (Fsp3) is 0.125. The van der Waals surface area contributed by atoms with Gasteiger partial charge in [-0.15, -0.1) is 22.7 Å². The smallest absolute Gasteiger partial charge is 0.132 e. The third kappa shape index (κ3) is 1.49. The molecule has 2 heterocycles. The van der Waals surface area contributed by atoms with Crippen molar-refractivity contribution in [3.63, 3.8) is 0 Å². The van der Waals surface area contributed by atoms with Crippen molar-refractivity contribution in [3.8, 4) is 11.5 Å². The summed E-state index contributed by atoms with van der Waals surface area (Å²) in [6.45, 7) is 4.05. The van der Waals surface area contributed by atoms with Gasteiger partial charge in [-0.2, -0.15) is 0 Å². The molecule has 0 atom stereocenters. The van der Waals surface area contributed by atoms with Gasteiger partial charge >= 0.3 is 0 Å². The maximum atomic E-state index is 10.5. The summed E-state index contributed by atoms with van der Waals surface area (Å²) in [4.78, 5) is 2.31. The molecule has 0 fully saturated rings. The Hall–Kier alpha value is -1.78. The van der Waals surface area contributed by atoms with Gasteiger partial charge in [-0.05, 0) is 38.1 Å². The van der Waals surface area contributed by atoms with Gasteiger partial charge in [0.05, 0.1) is 0 Å². The van der Waals surface area contributed by atoms with Crippen molar-refractivity contribution in [2.75, 3.05) is 0 Å². The van der Waals surface area contributed by atoms with Crippen molar-refractivity contribution < 1.29 is 10.2 Å². The molecule has 0 saturated heterocycles. The molecule has 0 spiro atoms. The van der Waals surface area contributed by atoms with Crippen LogP contribution < -0.4 is 0 Å². The lowest BCUT2D eigenvalue weighted by Gasteiger charge is -2.06. The molecule has 4 aromatic rings. The molecule has 4 heteroatoms. The van der Waals surface area contributed by atoms with Crippen LogP contribution in [0, 0.1) is 13.8 Å². The summed E-state index contributed by atoms with van der Waals surface area (Å²) in [5.41, 5.74) is 0. The second-order valence-electron chi connectivity index (χ2n) is 5.08. The van der Waals surface area contributed by atoms with E-state index in [1.807, 2.05) is 38.1 Å². The normalized spacial score (nSPS) is 11.9. The highest BCUT2D eigenvalue weighted by atomic mass is 32.1. The van der Waals surface area contributed by atoms with Crippen molar-refractivity contribution in [1.82, 2.24) is 0 Å². The van der Waals surface area contributed by atoms with Gasteiger partial charge in [-0.25, -0.2) is 0 Å². The number of phenols is 2. The van der Waals surface area contributed by atoms with E-state index in [-0.39, 0.29) is 11.5 Å². The minimum absolute atomic E-state index is 0.269. The summed E-state index contributed by atoms with van der Waals surface area (Å²) in [5, 5.41) is 24.2. The molecule has 0 unspecified atom stereocenters. The van der Waals surface area contributed by atoms with E-state index in [9.17, 15) is 10.2 Å². The number of thiophene rings is 2. The highest BCUT2D eigenvalue weighted by Gasteiger charge is 2.15. The number of fused-ring (bicyclic) bond motifs is 3. The standard InChI is InChI=1S/C16H12O2S2/c1-7-3-11-13(19-7)5-9-10(15(11)17)6-14-12(16(9)18)4-8(2)20-14/h3-6,17-18H,1-2H3. The van der Waals surface area contributed by atoms with Crippen LogP contribution in [0.15, 0.2) is 24.3 Å². The Labute approximate surface area is 123 Å². The Morgan fingerprint density at radius 3 is 1.45 bits per heavy atom. The van der Waals surface area contributed by atoms with E-state index >= 15 is 0 Å². The number of phenolic OH excluding ortho intramolecular Hbond substituents is 2. The largest absolute Gasteiger partial charge is 0.507 e. The van der Waals surface area contributed by atoms with Crippen molar-refractivity contribution in [3.05, 3.63) is 34.0 Å². The van der Waals surface area contributed by atoms with Gasteiger partial charge in [0.15, 0.2) is 0 Å². The predicted octanol–water partition coefficient (Wildman–Crippen LogP) is 5.30. The summed E-state index contributed by atoms with van der Waals surface area (Å²) >= 11 is 3.26. The van der Waals surface area contributed by atoms with Crippen LogP contribution in [-0.4, -0.2) is 10.2 Å². The lowest BCUT2D eigenvalue weighted by Crippen LogP contribution is -1.77. The zero-order valence-corrected chi connectivity index (χ0v) is 12.7. The van der Waals surface area contributed by atoms with Gasteiger partial charge in [0.2, 0.25) is 0 Å². The third-order valence-electron chi connectivity index (χ3n) is 3.63. The van der Waals surface area contributed by atoms with E-state index in [4.69, 9.17) is 0 Å². The molecule has 0 aliphatic carbocycles. The summed E-state index contributed by atoms with van der Waals surface area (Å²) in [7, 11) is 0. The molecule has 2 N–H and O–H groups in total. The fourth-order valence-corrected chi connectivity index (χ4v) is 4.68. The topological polar surface area (TPSA) is 40.5 Å². The first-order valence-corrected chi connectivity index (χ1v) is 7.96. The summed E-state index contributed by atoms with van der Waals surface area (Å²) < 4.78 is 2.02. The average molecular weight is 300 g/mol. The highest BCUT2D eigenvalue weighted by molar-refractivity contribution is 7.19. The predicted molar refractivity (Wildman–Crippen MR) is 87.5 cm³/mol. The van der Waals surface area contributed by atoms with Crippen molar-refractivity contribution in [1.29, 1.82) is 0 Å². The van der Waals surface area contributed by atoms with E-state index in [1.165, 1.54) is 0 Å². The van der Waals surface area contributed by atoms with E-state index < -0.39 is 0 Å². The van der Waals surface area contributed by atoms with Crippen LogP contribution in [0.5, 0.6) is 11.5 Å². The minimum Gasteiger partial charge on any atom is -0.507 e. The summed E-state index contributed by atoms with van der Waals surface area (Å²) in [6.07, 6.45) is 0. The van der Waals surface area contributed by atoms with Crippen LogP contribution in [0.2, 0.25) is 0 Å². The molecule has 2 aromatic carbocycles. The van der Waals surface area contributed by atoms with Crippen LogP contribution in [0.1, 0.15) is 9.75 Å². The lowest BCUT2D eigenvalue weighted by molar-refractivity contribution is 0.482. The van der Waals surface area contributed by atoms with Crippen molar-refractivity contribution in [2.45, 2.75) is 13.8 Å². The Bertz CT molecular complexity index is 911. The number of hydrogen-bond donors (Lipinski definition) is 2. The third-order valence-corrected chi connectivity index (χ3v) is 5.62. The number of aryl methyl sites for hydroxylation is 2. The van der Waals surface area contributed by atoms with Crippen LogP contribution in [0.4, 0.5) is 0 Å². The quantitative estimate of drug-likeness (QED) is 0.463. The molecule has 100 valence electrons. The van der Waals surface area contributed by atoms with Crippen molar-refractivity contribution >= 4 is 53.6 Å². The summed E-state index contributed by atoms with van der Waals surface area (Å²) in [6, 6.07) is 7.94. The summed E-state index contributed by atoms with van der Waals surface area (Å²) in [5.74, 6) is 0.537. The van der Waals surface area contributed by atoms with Gasteiger partial charge in [-0.1, -0.05) is 0 Å². The van der Waals surface area contributed by atoms with Gasteiger partial charge < -0.3 is 10.2 Å². The molecular weight excluding hydrogens is 288 g/mol. The van der Waals surface area contributed by atoms with Crippen LogP contribution in [-0.2, 0) is 0 Å². The minimum atomic E-state index is 0.269. The molecule has 0 radical (unpaired) electrons. The lowest BCUT2D eigenvalue weighted by atomic mass is 10.0. The van der Waals surface area contributed by atoms with E-state index in [0.717, 1.165) is 40.7 Å². The Kier molecular flexibility index (Phi) is 2.32. The van der Waals surface area contributed by atoms with Crippen molar-refractivity contribution in [2.24, 2.45) is 0 Å². The Balaban J connectivity index is 2.29. The molecule has 0 bridgehead atoms. The van der Waals surface area contributed by atoms with Gasteiger partial charge in [0.25, 0.3) is 0 Å². The molecule has 0 aliphatic rings. The van der Waals surface area contributed by atoms with E-state index in [0.29, 0.717) is 0 Å². The van der Waals surface area contributed by atoms with Gasteiger partial charge in [0, 0.05) is 40.7 Å². The number of rotatable bonds is 0. The molecule has 0 amide bonds. The second-order valence-corrected chi connectivity index (χ2v) is 7.66. The SMILES string of the molecule is Cc1cc2c(O)c3cc4sc(C)cc4c(O)c3cc2s1. The average Bonchev–Trinajstić information content (AvgIpc) is 2.94. The zero-order valence-electron chi connectivity index (χ0n) is 11.0. The first kappa shape index (κ1) is 12.0. The van der Waals surface area contributed by atoms with Crippen LogP contribution >= 0.6 is 22.7 Å². The number of aromatic hydroxyl groups is 2. The van der Waals surface area contributed by atoms with E-state index in [1.54, 1.807) is 22.7 Å². The van der Waals surface area contributed by atoms with Gasteiger partial charge in [0.1, 0.15) is 11.5 Å². The molecular formula is C16H12O2S2. The van der Waals surface area contributed by atoms with E-state index in [2.05, 4.69) is 0 Å². The molecule has 20 heavy (non-hydrogen) atoms. The highest BCUT2D eigenvalue weighted by Crippen LogP contribution is 2.45. The number of hydrogen-bond acceptors (Lipinski definition) is 4. The molecule has 0 aliphatic heterocycles. The van der Waals surface area contributed by atoms with Gasteiger partial charge in [-0.3, -0.25) is 0 Å². The maximum absolute atomic E-state index is 10.5. The Morgan fingerprint density at radius 2 is 1.05 bits per heavy atom. The molecule has 0 saturated carbocycles. The van der Waals surface area contributed by atoms with Crippen LogP contribution in [0.25, 0.3) is 30.9 Å². The second kappa shape index (κ2) is 3.87. The Morgan fingerprint density at radius 1 is 0.650 bits per heavy atom.